The number of carbonyl (C=O) groups is 2. The number of benzene rings is 1. The molecule has 0 saturated carbocycles. The van der Waals surface area contributed by atoms with Crippen molar-refractivity contribution >= 4 is 34.5 Å². The number of hydrogen-bond donors (Lipinski definition) is 2. The Morgan fingerprint density at radius 3 is 2.44 bits per heavy atom. The quantitative estimate of drug-likeness (QED) is 0.698. The molecule has 128 valence electrons. The summed E-state index contributed by atoms with van der Waals surface area (Å²) in [6.07, 6.45) is 1.78. The molecule has 0 saturated heterocycles. The van der Waals surface area contributed by atoms with Crippen molar-refractivity contribution in [3.05, 3.63) is 73.9 Å². The van der Waals surface area contributed by atoms with E-state index in [-0.39, 0.29) is 11.8 Å². The molecule has 3 rings (SSSR count). The topological polar surface area (TPSA) is 71.1 Å². The minimum absolute atomic E-state index is 0.0864. The maximum atomic E-state index is 12.2. The van der Waals surface area contributed by atoms with Crippen molar-refractivity contribution in [2.24, 2.45) is 0 Å². The lowest BCUT2D eigenvalue weighted by atomic mass is 10.1. The number of thiophene rings is 1. The highest BCUT2D eigenvalue weighted by Gasteiger charge is 2.08. The lowest BCUT2D eigenvalue weighted by Crippen LogP contribution is -2.23. The highest BCUT2D eigenvalue weighted by Crippen LogP contribution is 2.12. The average Bonchev–Trinajstić information content (AvgIpc) is 3.30. The molecular formula is C18H17N3O2S2. The van der Waals surface area contributed by atoms with E-state index in [1.54, 1.807) is 35.7 Å². The van der Waals surface area contributed by atoms with Gasteiger partial charge < -0.3 is 10.6 Å². The van der Waals surface area contributed by atoms with E-state index in [0.29, 0.717) is 23.5 Å². The second kappa shape index (κ2) is 8.04. The molecule has 25 heavy (non-hydrogen) atoms. The van der Waals surface area contributed by atoms with E-state index in [4.69, 9.17) is 0 Å². The number of thiazole rings is 1. The summed E-state index contributed by atoms with van der Waals surface area (Å²) in [7, 11) is 0. The van der Waals surface area contributed by atoms with E-state index in [1.807, 2.05) is 30.5 Å². The minimum Gasteiger partial charge on any atom is -0.347 e. The lowest BCUT2D eigenvalue weighted by molar-refractivity contribution is 0.0943. The summed E-state index contributed by atoms with van der Waals surface area (Å²) >= 11 is 2.98. The van der Waals surface area contributed by atoms with E-state index in [9.17, 15) is 9.59 Å². The Bertz CT molecular complexity index is 855. The summed E-state index contributed by atoms with van der Waals surface area (Å²) in [5.74, 6) is -0.211. The monoisotopic (exact) mass is 371 g/mol. The Balaban J connectivity index is 1.51. The van der Waals surface area contributed by atoms with Crippen LogP contribution < -0.4 is 10.6 Å². The number of amides is 2. The molecule has 0 aliphatic rings. The predicted octanol–water partition coefficient (Wildman–Crippen LogP) is 3.37. The van der Waals surface area contributed by atoms with Gasteiger partial charge >= 0.3 is 0 Å². The van der Waals surface area contributed by atoms with Crippen LogP contribution in [0.15, 0.2) is 48.0 Å². The van der Waals surface area contributed by atoms with Crippen LogP contribution in [0.1, 0.15) is 35.5 Å². The molecule has 2 heterocycles. The minimum atomic E-state index is -0.125. The Kier molecular flexibility index (Phi) is 5.57. The van der Waals surface area contributed by atoms with Crippen LogP contribution in [0.4, 0.5) is 0 Å². The van der Waals surface area contributed by atoms with Gasteiger partial charge in [0.2, 0.25) is 0 Å². The average molecular weight is 371 g/mol. The summed E-state index contributed by atoms with van der Waals surface area (Å²) in [4.78, 5) is 30.0. The fourth-order valence-electron chi connectivity index (χ4n) is 2.21. The van der Waals surface area contributed by atoms with Crippen LogP contribution in [-0.2, 0) is 13.1 Å². The molecule has 0 atom stereocenters. The molecule has 0 radical (unpaired) electrons. The first-order valence-electron chi connectivity index (χ1n) is 7.72. The van der Waals surface area contributed by atoms with Crippen LogP contribution >= 0.6 is 22.7 Å². The van der Waals surface area contributed by atoms with Crippen molar-refractivity contribution in [3.63, 3.8) is 0 Å². The molecule has 0 bridgehead atoms. The molecule has 2 aromatic heterocycles. The number of aryl methyl sites for hydroxylation is 1. The summed E-state index contributed by atoms with van der Waals surface area (Å²) in [5.41, 5.74) is 1.54. The number of nitrogens with zero attached hydrogens (tertiary/aromatic N) is 1. The van der Waals surface area contributed by atoms with Crippen molar-refractivity contribution in [1.82, 2.24) is 15.6 Å². The fourth-order valence-corrected chi connectivity index (χ4v) is 3.58. The normalized spacial score (nSPS) is 10.4. The highest BCUT2D eigenvalue weighted by atomic mass is 32.1. The van der Waals surface area contributed by atoms with Crippen molar-refractivity contribution in [3.8, 4) is 0 Å². The summed E-state index contributed by atoms with van der Waals surface area (Å²) in [5, 5.41) is 8.60. The second-order valence-electron chi connectivity index (χ2n) is 5.39. The van der Waals surface area contributed by atoms with Crippen LogP contribution in [0.25, 0.3) is 0 Å². The summed E-state index contributed by atoms with van der Waals surface area (Å²) in [6, 6.07) is 10.9. The molecular weight excluding hydrogens is 354 g/mol. The van der Waals surface area contributed by atoms with Crippen molar-refractivity contribution in [2.45, 2.75) is 20.0 Å². The van der Waals surface area contributed by atoms with Gasteiger partial charge in [-0.15, -0.1) is 22.7 Å². The zero-order valence-corrected chi connectivity index (χ0v) is 15.2. The zero-order chi connectivity index (χ0) is 17.6. The smallest absolute Gasteiger partial charge is 0.261 e. The third kappa shape index (κ3) is 4.74. The third-order valence-electron chi connectivity index (χ3n) is 3.51. The number of nitrogens with one attached hydrogen (secondary N) is 2. The first kappa shape index (κ1) is 17.3. The molecule has 0 fully saturated rings. The van der Waals surface area contributed by atoms with Crippen molar-refractivity contribution in [1.29, 1.82) is 0 Å². The fraction of sp³-hybridized carbons (Fsp3) is 0.167. The van der Waals surface area contributed by atoms with Gasteiger partial charge in [-0.2, -0.15) is 0 Å². The summed E-state index contributed by atoms with van der Waals surface area (Å²) in [6.45, 7) is 2.84. The Labute approximate surface area is 153 Å². The molecule has 3 aromatic rings. The van der Waals surface area contributed by atoms with Gasteiger partial charge in [0, 0.05) is 23.2 Å². The Morgan fingerprint density at radius 2 is 1.80 bits per heavy atom. The number of rotatable bonds is 6. The molecule has 0 aliphatic heterocycles. The molecule has 0 spiro atoms. The zero-order valence-electron chi connectivity index (χ0n) is 13.6. The standard InChI is InChI=1S/C18H17N3O2S2/c1-12-19-10-15(25-12)11-21-17(22)14-6-4-13(5-7-14)9-20-18(23)16-3-2-8-24-16/h2-8,10H,9,11H2,1H3,(H,20,23)(H,21,22). The highest BCUT2D eigenvalue weighted by molar-refractivity contribution is 7.12. The number of aromatic nitrogens is 1. The Hall–Kier alpha value is -2.51. The maximum absolute atomic E-state index is 12.2. The SMILES string of the molecule is Cc1ncc(CNC(=O)c2ccc(CNC(=O)c3cccs3)cc2)s1. The number of hydrogen-bond acceptors (Lipinski definition) is 5. The van der Waals surface area contributed by atoms with Gasteiger partial charge in [0.15, 0.2) is 0 Å². The predicted molar refractivity (Wildman–Crippen MR) is 100.0 cm³/mol. The van der Waals surface area contributed by atoms with Crippen LogP contribution in [0.5, 0.6) is 0 Å². The molecule has 2 N–H and O–H groups in total. The first-order chi connectivity index (χ1) is 12.1. The van der Waals surface area contributed by atoms with Gasteiger partial charge in [-0.1, -0.05) is 18.2 Å². The van der Waals surface area contributed by atoms with Gasteiger partial charge in [-0.25, -0.2) is 4.98 Å². The van der Waals surface area contributed by atoms with Crippen molar-refractivity contribution in [2.75, 3.05) is 0 Å². The number of carbonyl (C=O) groups excluding carboxylic acids is 2. The third-order valence-corrected chi connectivity index (χ3v) is 5.29. The first-order valence-corrected chi connectivity index (χ1v) is 9.41. The van der Waals surface area contributed by atoms with Gasteiger partial charge in [0.1, 0.15) is 0 Å². The van der Waals surface area contributed by atoms with Gasteiger partial charge in [-0.05, 0) is 36.1 Å². The van der Waals surface area contributed by atoms with E-state index in [2.05, 4.69) is 15.6 Å². The summed E-state index contributed by atoms with van der Waals surface area (Å²) < 4.78 is 0. The second-order valence-corrected chi connectivity index (χ2v) is 7.65. The van der Waals surface area contributed by atoms with Gasteiger partial charge in [0.05, 0.1) is 16.4 Å². The van der Waals surface area contributed by atoms with Gasteiger partial charge in [-0.3, -0.25) is 9.59 Å². The van der Waals surface area contributed by atoms with Crippen LogP contribution in [0.3, 0.4) is 0 Å². The molecule has 7 heteroatoms. The van der Waals surface area contributed by atoms with E-state index in [0.717, 1.165) is 15.4 Å². The lowest BCUT2D eigenvalue weighted by Gasteiger charge is -2.06. The van der Waals surface area contributed by atoms with Crippen LogP contribution in [-0.4, -0.2) is 16.8 Å². The maximum Gasteiger partial charge on any atom is 0.261 e. The Morgan fingerprint density at radius 1 is 1.04 bits per heavy atom. The molecule has 2 amide bonds. The largest absolute Gasteiger partial charge is 0.347 e. The molecule has 1 aromatic carbocycles. The van der Waals surface area contributed by atoms with Gasteiger partial charge in [0.25, 0.3) is 11.8 Å². The molecule has 0 aliphatic carbocycles. The van der Waals surface area contributed by atoms with Crippen LogP contribution in [0, 0.1) is 6.92 Å². The van der Waals surface area contributed by atoms with Crippen molar-refractivity contribution < 1.29 is 9.59 Å². The molecule has 5 nitrogen and oxygen atoms in total. The van der Waals surface area contributed by atoms with E-state index >= 15 is 0 Å². The van der Waals surface area contributed by atoms with E-state index in [1.165, 1.54) is 11.3 Å². The van der Waals surface area contributed by atoms with Crippen LogP contribution in [0.2, 0.25) is 0 Å². The van der Waals surface area contributed by atoms with E-state index < -0.39 is 0 Å². The molecule has 0 unspecified atom stereocenters.